The van der Waals surface area contributed by atoms with Crippen LogP contribution in [0.1, 0.15) is 11.4 Å². The molecule has 0 saturated heterocycles. The molecular formula is C11H8ClN3O. The maximum absolute atomic E-state index is 11.4. The molecule has 2 aromatic heterocycles. The molecular weight excluding hydrogens is 226 g/mol. The summed E-state index contributed by atoms with van der Waals surface area (Å²) in [5.74, 6) is 0. The number of H-pyrrole nitrogens is 1. The normalized spacial score (nSPS) is 12.3. The van der Waals surface area contributed by atoms with Gasteiger partial charge in [-0.1, -0.05) is 11.6 Å². The van der Waals surface area contributed by atoms with Gasteiger partial charge in [-0.3, -0.25) is 9.78 Å². The molecule has 3 rings (SSSR count). The zero-order chi connectivity index (χ0) is 11.3. The van der Waals surface area contributed by atoms with Crippen LogP contribution in [0.4, 0.5) is 5.69 Å². The molecule has 16 heavy (non-hydrogen) atoms. The Balaban J connectivity index is 2.32. The summed E-state index contributed by atoms with van der Waals surface area (Å²) in [6, 6.07) is 3.52. The lowest BCUT2D eigenvalue weighted by Gasteiger charge is -2.01. The molecule has 5 heteroatoms. The van der Waals surface area contributed by atoms with Crippen LogP contribution in [0.2, 0.25) is 5.02 Å². The Kier molecular flexibility index (Phi) is 1.82. The Morgan fingerprint density at radius 1 is 1.38 bits per heavy atom. The highest BCUT2D eigenvalue weighted by molar-refractivity contribution is 6.30. The summed E-state index contributed by atoms with van der Waals surface area (Å²) in [7, 11) is 0. The number of pyridine rings is 2. The minimum absolute atomic E-state index is 0.214. The molecule has 0 aliphatic heterocycles. The molecule has 0 bridgehead atoms. The van der Waals surface area contributed by atoms with Crippen molar-refractivity contribution in [3.8, 4) is 11.1 Å². The summed E-state index contributed by atoms with van der Waals surface area (Å²) in [5, 5.41) is 0.580. The molecule has 1 aliphatic rings. The van der Waals surface area contributed by atoms with E-state index in [0.29, 0.717) is 11.4 Å². The fourth-order valence-electron chi connectivity index (χ4n) is 1.97. The Morgan fingerprint density at radius 3 is 3.00 bits per heavy atom. The van der Waals surface area contributed by atoms with Gasteiger partial charge in [0.25, 0.3) is 5.56 Å². The van der Waals surface area contributed by atoms with Crippen LogP contribution < -0.4 is 11.3 Å². The third kappa shape index (κ3) is 1.23. The van der Waals surface area contributed by atoms with Gasteiger partial charge >= 0.3 is 0 Å². The minimum atomic E-state index is -0.252. The van der Waals surface area contributed by atoms with Crippen LogP contribution in [-0.4, -0.2) is 9.97 Å². The van der Waals surface area contributed by atoms with E-state index < -0.39 is 0 Å². The average molecular weight is 234 g/mol. The first-order valence-electron chi connectivity index (χ1n) is 4.81. The highest BCUT2D eigenvalue weighted by Gasteiger charge is 2.21. The maximum Gasteiger partial charge on any atom is 0.271 e. The van der Waals surface area contributed by atoms with Gasteiger partial charge in [0.15, 0.2) is 0 Å². The second-order valence-corrected chi connectivity index (χ2v) is 4.21. The van der Waals surface area contributed by atoms with Crippen LogP contribution in [-0.2, 0) is 6.42 Å². The number of aromatic nitrogens is 2. The smallest absolute Gasteiger partial charge is 0.271 e. The predicted octanol–water partition coefficient (Wildman–Crippen LogP) is 1.58. The van der Waals surface area contributed by atoms with Gasteiger partial charge in [-0.25, -0.2) is 0 Å². The van der Waals surface area contributed by atoms with Gasteiger partial charge in [0.05, 0.1) is 16.4 Å². The SMILES string of the molecule is Nc1cc2c([nH]c1=O)Cc1ncc(Cl)cc1-2. The highest BCUT2D eigenvalue weighted by atomic mass is 35.5. The third-order valence-electron chi connectivity index (χ3n) is 2.72. The molecule has 0 unspecified atom stereocenters. The van der Waals surface area contributed by atoms with Gasteiger partial charge in [0, 0.05) is 29.4 Å². The quantitative estimate of drug-likeness (QED) is 0.619. The van der Waals surface area contributed by atoms with Gasteiger partial charge in [-0.15, -0.1) is 0 Å². The van der Waals surface area contributed by atoms with Gasteiger partial charge in [-0.05, 0) is 12.1 Å². The molecule has 0 aromatic carbocycles. The van der Waals surface area contributed by atoms with E-state index in [9.17, 15) is 4.79 Å². The molecule has 1 aliphatic carbocycles. The minimum Gasteiger partial charge on any atom is -0.394 e. The Hall–Kier alpha value is -1.81. The van der Waals surface area contributed by atoms with Crippen LogP contribution in [0.25, 0.3) is 11.1 Å². The van der Waals surface area contributed by atoms with Crippen molar-refractivity contribution in [1.29, 1.82) is 0 Å². The van der Waals surface area contributed by atoms with Crippen LogP contribution in [0.15, 0.2) is 23.1 Å². The summed E-state index contributed by atoms with van der Waals surface area (Å²) in [6.45, 7) is 0. The number of hydrogen-bond donors (Lipinski definition) is 2. The molecule has 2 aromatic rings. The largest absolute Gasteiger partial charge is 0.394 e. The molecule has 4 nitrogen and oxygen atoms in total. The lowest BCUT2D eigenvalue weighted by atomic mass is 10.1. The first-order valence-corrected chi connectivity index (χ1v) is 5.19. The fraction of sp³-hybridized carbons (Fsp3) is 0.0909. The highest BCUT2D eigenvalue weighted by Crippen LogP contribution is 2.35. The van der Waals surface area contributed by atoms with Gasteiger partial charge < -0.3 is 10.7 Å². The standard InChI is InChI=1S/C11H8ClN3O/c12-5-1-6-7-2-8(13)11(16)15-10(7)3-9(6)14-4-5/h1-2,4H,3,13H2,(H,15,16). The second-order valence-electron chi connectivity index (χ2n) is 3.77. The number of anilines is 1. The molecule has 2 heterocycles. The predicted molar refractivity (Wildman–Crippen MR) is 62.5 cm³/mol. The molecule has 0 radical (unpaired) electrons. The number of rotatable bonds is 0. The molecule has 0 amide bonds. The van der Waals surface area contributed by atoms with Crippen LogP contribution in [0, 0.1) is 0 Å². The number of nitrogens with zero attached hydrogens (tertiary/aromatic N) is 1. The van der Waals surface area contributed by atoms with Crippen molar-refractivity contribution in [2.45, 2.75) is 6.42 Å². The van der Waals surface area contributed by atoms with E-state index >= 15 is 0 Å². The fourth-order valence-corrected chi connectivity index (χ4v) is 2.13. The lowest BCUT2D eigenvalue weighted by molar-refractivity contribution is 1.04. The van der Waals surface area contributed by atoms with Crippen molar-refractivity contribution >= 4 is 17.3 Å². The number of nitrogens with two attached hydrogens (primary N) is 1. The Bertz CT molecular complexity index is 648. The van der Waals surface area contributed by atoms with E-state index in [4.69, 9.17) is 17.3 Å². The van der Waals surface area contributed by atoms with Crippen molar-refractivity contribution in [2.75, 3.05) is 5.73 Å². The molecule has 0 fully saturated rings. The zero-order valence-corrected chi connectivity index (χ0v) is 9.01. The zero-order valence-electron chi connectivity index (χ0n) is 8.25. The van der Waals surface area contributed by atoms with E-state index in [-0.39, 0.29) is 11.2 Å². The summed E-state index contributed by atoms with van der Waals surface area (Å²) >= 11 is 5.90. The maximum atomic E-state index is 11.4. The monoisotopic (exact) mass is 233 g/mol. The first kappa shape index (κ1) is 9.42. The van der Waals surface area contributed by atoms with Crippen LogP contribution >= 0.6 is 11.6 Å². The van der Waals surface area contributed by atoms with Gasteiger partial charge in [-0.2, -0.15) is 0 Å². The molecule has 0 spiro atoms. The van der Waals surface area contributed by atoms with E-state index in [2.05, 4.69) is 9.97 Å². The topological polar surface area (TPSA) is 71.8 Å². The van der Waals surface area contributed by atoms with E-state index in [1.165, 1.54) is 0 Å². The van der Waals surface area contributed by atoms with Crippen molar-refractivity contribution in [2.24, 2.45) is 0 Å². The van der Waals surface area contributed by atoms with Crippen molar-refractivity contribution in [1.82, 2.24) is 9.97 Å². The summed E-state index contributed by atoms with van der Waals surface area (Å²) in [4.78, 5) is 18.4. The van der Waals surface area contributed by atoms with Crippen molar-refractivity contribution in [3.05, 3.63) is 45.1 Å². The Morgan fingerprint density at radius 2 is 2.19 bits per heavy atom. The number of nitrogen functional groups attached to an aromatic ring is 1. The van der Waals surface area contributed by atoms with Gasteiger partial charge in [0.1, 0.15) is 0 Å². The number of halogens is 1. The van der Waals surface area contributed by atoms with Crippen LogP contribution in [0.5, 0.6) is 0 Å². The summed E-state index contributed by atoms with van der Waals surface area (Å²) in [5.41, 5.74) is 9.19. The first-order chi connectivity index (χ1) is 7.65. The van der Waals surface area contributed by atoms with Gasteiger partial charge in [0.2, 0.25) is 0 Å². The average Bonchev–Trinajstić information content (AvgIpc) is 2.57. The molecule has 0 saturated carbocycles. The second kappa shape index (κ2) is 3.09. The van der Waals surface area contributed by atoms with Crippen LogP contribution in [0.3, 0.4) is 0 Å². The third-order valence-corrected chi connectivity index (χ3v) is 2.93. The number of nitrogens with one attached hydrogen (secondary N) is 1. The van der Waals surface area contributed by atoms with Crippen molar-refractivity contribution < 1.29 is 0 Å². The molecule has 3 N–H and O–H groups in total. The number of fused-ring (bicyclic) bond motifs is 3. The summed E-state index contributed by atoms with van der Waals surface area (Å²) in [6.07, 6.45) is 2.23. The Labute approximate surface area is 96.1 Å². The molecule has 0 atom stereocenters. The lowest BCUT2D eigenvalue weighted by Crippen LogP contribution is -2.13. The van der Waals surface area contributed by atoms with E-state index in [0.717, 1.165) is 22.5 Å². The molecule has 80 valence electrons. The van der Waals surface area contributed by atoms with E-state index in [1.54, 1.807) is 12.3 Å². The summed E-state index contributed by atoms with van der Waals surface area (Å²) < 4.78 is 0. The number of hydrogen-bond acceptors (Lipinski definition) is 3. The number of aromatic amines is 1. The van der Waals surface area contributed by atoms with E-state index in [1.807, 2.05) is 6.07 Å². The van der Waals surface area contributed by atoms with Crippen molar-refractivity contribution in [3.63, 3.8) is 0 Å².